The zero-order valence-electron chi connectivity index (χ0n) is 10.4. The molecule has 3 rings (SSSR count). The molecular weight excluding hydrogens is 210 g/mol. The van der Waals surface area contributed by atoms with Gasteiger partial charge in [0, 0.05) is 18.4 Å². The molecule has 0 atom stereocenters. The summed E-state index contributed by atoms with van der Waals surface area (Å²) < 4.78 is 5.58. The molecule has 17 heavy (non-hydrogen) atoms. The average Bonchev–Trinajstić information content (AvgIpc) is 2.86. The quantitative estimate of drug-likeness (QED) is 0.849. The van der Waals surface area contributed by atoms with Crippen LogP contribution in [0.15, 0.2) is 18.2 Å². The fourth-order valence-corrected chi connectivity index (χ4v) is 3.36. The van der Waals surface area contributed by atoms with Crippen LogP contribution >= 0.6 is 0 Å². The minimum Gasteiger partial charge on any atom is -0.493 e. The van der Waals surface area contributed by atoms with Gasteiger partial charge in [-0.1, -0.05) is 31.4 Å². The Balaban J connectivity index is 1.96. The van der Waals surface area contributed by atoms with Gasteiger partial charge < -0.3 is 10.5 Å². The molecule has 0 saturated heterocycles. The third-order valence-corrected chi connectivity index (χ3v) is 4.50. The van der Waals surface area contributed by atoms with E-state index in [-0.39, 0.29) is 5.41 Å². The first-order valence-electron chi connectivity index (χ1n) is 6.80. The first kappa shape index (κ1) is 11.1. The largest absolute Gasteiger partial charge is 0.493 e. The van der Waals surface area contributed by atoms with Gasteiger partial charge in [0.05, 0.1) is 6.61 Å². The van der Waals surface area contributed by atoms with Crippen LogP contribution in [-0.2, 0) is 11.8 Å². The number of benzene rings is 1. The minimum absolute atomic E-state index is 0.246. The highest BCUT2D eigenvalue weighted by Gasteiger charge is 2.33. The molecule has 0 radical (unpaired) electrons. The van der Waals surface area contributed by atoms with Gasteiger partial charge in [0.15, 0.2) is 0 Å². The molecule has 1 aromatic carbocycles. The highest BCUT2D eigenvalue weighted by Crippen LogP contribution is 2.40. The fourth-order valence-electron chi connectivity index (χ4n) is 3.36. The summed E-state index contributed by atoms with van der Waals surface area (Å²) in [6.45, 7) is 1.63. The molecule has 1 aliphatic carbocycles. The van der Waals surface area contributed by atoms with E-state index in [1.165, 1.54) is 43.2 Å². The summed E-state index contributed by atoms with van der Waals surface area (Å²) in [6.07, 6.45) is 7.58. The summed E-state index contributed by atoms with van der Waals surface area (Å²) >= 11 is 0. The molecule has 2 heteroatoms. The van der Waals surface area contributed by atoms with Gasteiger partial charge in [0.25, 0.3) is 0 Å². The molecule has 92 valence electrons. The van der Waals surface area contributed by atoms with Crippen LogP contribution in [0.1, 0.15) is 43.2 Å². The standard InChI is InChI=1S/C15H21NO/c16-11-15(7-2-1-3-8-15)13-4-5-14-12(10-13)6-9-17-14/h4-5,10H,1-3,6-9,11,16H2. The van der Waals surface area contributed by atoms with Crippen LogP contribution in [0.25, 0.3) is 0 Å². The second kappa shape index (κ2) is 4.34. The molecule has 1 saturated carbocycles. The molecule has 2 aliphatic rings. The zero-order chi connectivity index (χ0) is 11.7. The molecule has 0 amide bonds. The number of hydrogen-bond donors (Lipinski definition) is 1. The van der Waals surface area contributed by atoms with Gasteiger partial charge in [-0.25, -0.2) is 0 Å². The van der Waals surface area contributed by atoms with Gasteiger partial charge in [0.2, 0.25) is 0 Å². The maximum absolute atomic E-state index is 6.08. The lowest BCUT2D eigenvalue weighted by Crippen LogP contribution is -2.37. The molecule has 0 spiro atoms. The number of nitrogens with two attached hydrogens (primary N) is 1. The van der Waals surface area contributed by atoms with Crippen LogP contribution in [0.5, 0.6) is 5.75 Å². The van der Waals surface area contributed by atoms with Crippen molar-refractivity contribution in [2.75, 3.05) is 13.2 Å². The van der Waals surface area contributed by atoms with Crippen molar-refractivity contribution in [1.29, 1.82) is 0 Å². The lowest BCUT2D eigenvalue weighted by Gasteiger charge is -2.37. The second-order valence-electron chi connectivity index (χ2n) is 5.47. The van der Waals surface area contributed by atoms with Crippen molar-refractivity contribution in [3.63, 3.8) is 0 Å². The maximum atomic E-state index is 6.08. The summed E-state index contributed by atoms with van der Waals surface area (Å²) in [4.78, 5) is 0. The predicted octanol–water partition coefficient (Wildman–Crippen LogP) is 2.78. The highest BCUT2D eigenvalue weighted by molar-refractivity contribution is 5.42. The van der Waals surface area contributed by atoms with Gasteiger partial charge in [-0.2, -0.15) is 0 Å². The molecule has 1 fully saturated rings. The lowest BCUT2D eigenvalue weighted by molar-refractivity contribution is 0.300. The lowest BCUT2D eigenvalue weighted by atomic mass is 9.69. The normalized spacial score (nSPS) is 21.9. The Morgan fingerprint density at radius 2 is 2.00 bits per heavy atom. The van der Waals surface area contributed by atoms with Crippen molar-refractivity contribution in [3.05, 3.63) is 29.3 Å². The number of ether oxygens (including phenoxy) is 1. The number of fused-ring (bicyclic) bond motifs is 1. The van der Waals surface area contributed by atoms with Crippen molar-refractivity contribution >= 4 is 0 Å². The van der Waals surface area contributed by atoms with Crippen LogP contribution < -0.4 is 10.5 Å². The zero-order valence-corrected chi connectivity index (χ0v) is 10.4. The second-order valence-corrected chi connectivity index (χ2v) is 5.47. The van der Waals surface area contributed by atoms with Crippen molar-refractivity contribution in [1.82, 2.24) is 0 Å². The van der Waals surface area contributed by atoms with Gasteiger partial charge in [0.1, 0.15) is 5.75 Å². The molecule has 2 N–H and O–H groups in total. The van der Waals surface area contributed by atoms with Crippen molar-refractivity contribution in [2.24, 2.45) is 5.73 Å². The van der Waals surface area contributed by atoms with Crippen LogP contribution in [0.3, 0.4) is 0 Å². The Morgan fingerprint density at radius 1 is 1.18 bits per heavy atom. The smallest absolute Gasteiger partial charge is 0.122 e. The van der Waals surface area contributed by atoms with Crippen molar-refractivity contribution in [2.45, 2.75) is 43.9 Å². The predicted molar refractivity (Wildman–Crippen MR) is 69.5 cm³/mol. The van der Waals surface area contributed by atoms with Crippen LogP contribution in [-0.4, -0.2) is 13.2 Å². The van der Waals surface area contributed by atoms with E-state index >= 15 is 0 Å². The van der Waals surface area contributed by atoms with Gasteiger partial charge in [-0.05, 0) is 30.0 Å². The highest BCUT2D eigenvalue weighted by atomic mass is 16.5. The van der Waals surface area contributed by atoms with E-state index in [0.29, 0.717) is 0 Å². The van der Waals surface area contributed by atoms with E-state index in [2.05, 4.69) is 18.2 Å². The van der Waals surface area contributed by atoms with Crippen LogP contribution in [0.4, 0.5) is 0 Å². The van der Waals surface area contributed by atoms with Crippen LogP contribution in [0, 0.1) is 0 Å². The maximum Gasteiger partial charge on any atom is 0.122 e. The van der Waals surface area contributed by atoms with Crippen LogP contribution in [0.2, 0.25) is 0 Å². The summed E-state index contributed by atoms with van der Waals surface area (Å²) in [5.74, 6) is 1.08. The first-order valence-corrected chi connectivity index (χ1v) is 6.80. The van der Waals surface area contributed by atoms with E-state index in [1.54, 1.807) is 0 Å². The number of rotatable bonds is 2. The third-order valence-electron chi connectivity index (χ3n) is 4.50. The first-order chi connectivity index (χ1) is 8.34. The van der Waals surface area contributed by atoms with E-state index in [0.717, 1.165) is 25.3 Å². The van der Waals surface area contributed by atoms with Crippen molar-refractivity contribution < 1.29 is 4.74 Å². The van der Waals surface area contributed by atoms with E-state index in [1.807, 2.05) is 0 Å². The Hall–Kier alpha value is -1.02. The molecule has 0 bridgehead atoms. The van der Waals surface area contributed by atoms with E-state index in [4.69, 9.17) is 10.5 Å². The molecule has 1 aromatic rings. The fraction of sp³-hybridized carbons (Fsp3) is 0.600. The monoisotopic (exact) mass is 231 g/mol. The SMILES string of the molecule is NCC1(c2ccc3c(c2)CCO3)CCCCC1. The Morgan fingerprint density at radius 3 is 2.76 bits per heavy atom. The van der Waals surface area contributed by atoms with E-state index < -0.39 is 0 Å². The Labute approximate surface area is 103 Å². The number of hydrogen-bond acceptors (Lipinski definition) is 2. The molecule has 0 aromatic heterocycles. The molecular formula is C15H21NO. The summed E-state index contributed by atoms with van der Waals surface area (Å²) in [6, 6.07) is 6.73. The topological polar surface area (TPSA) is 35.2 Å². The average molecular weight is 231 g/mol. The van der Waals surface area contributed by atoms with Gasteiger partial charge in [-0.3, -0.25) is 0 Å². The molecule has 1 heterocycles. The van der Waals surface area contributed by atoms with E-state index in [9.17, 15) is 0 Å². The summed E-state index contributed by atoms with van der Waals surface area (Å²) in [5, 5.41) is 0. The summed E-state index contributed by atoms with van der Waals surface area (Å²) in [5.41, 5.74) is 9.15. The van der Waals surface area contributed by atoms with Gasteiger partial charge in [-0.15, -0.1) is 0 Å². The molecule has 0 unspecified atom stereocenters. The summed E-state index contributed by atoms with van der Waals surface area (Å²) in [7, 11) is 0. The molecule has 2 nitrogen and oxygen atoms in total. The third kappa shape index (κ3) is 1.85. The Bertz CT molecular complexity index is 407. The van der Waals surface area contributed by atoms with Gasteiger partial charge >= 0.3 is 0 Å². The molecule has 1 aliphatic heterocycles. The van der Waals surface area contributed by atoms with Crippen molar-refractivity contribution in [3.8, 4) is 5.75 Å². The minimum atomic E-state index is 0.246. The Kier molecular flexibility index (Phi) is 2.83.